The Bertz CT molecular complexity index is 1080. The number of aromatic nitrogens is 1. The lowest BCUT2D eigenvalue weighted by atomic mass is 9.96. The molecule has 0 radical (unpaired) electrons. The average molecular weight is 479 g/mol. The van der Waals surface area contributed by atoms with Gasteiger partial charge in [0.25, 0.3) is 5.69 Å². The molecule has 2 aromatic rings. The number of benzene rings is 1. The van der Waals surface area contributed by atoms with E-state index in [0.29, 0.717) is 16.3 Å². The summed E-state index contributed by atoms with van der Waals surface area (Å²) in [5, 5.41) is 14.1. The van der Waals surface area contributed by atoms with Gasteiger partial charge < -0.3 is 5.32 Å². The summed E-state index contributed by atoms with van der Waals surface area (Å²) in [5.41, 5.74) is 1.05. The zero-order valence-corrected chi connectivity index (χ0v) is 19.6. The second-order valence-corrected chi connectivity index (χ2v) is 10.7. The number of amides is 1. The maximum atomic E-state index is 12.9. The number of nitro groups is 1. The normalized spacial score (nSPS) is 15.0. The van der Waals surface area contributed by atoms with Gasteiger partial charge in [-0.15, -0.1) is 0 Å². The zero-order chi connectivity index (χ0) is 23.3. The molecule has 1 aliphatic carbocycles. The van der Waals surface area contributed by atoms with Gasteiger partial charge in [0.2, 0.25) is 15.9 Å². The molecular formula is C21H26N4O5S2. The molecule has 1 N–H and O–H groups in total. The highest BCUT2D eigenvalue weighted by Gasteiger charge is 2.29. The maximum absolute atomic E-state index is 12.9. The van der Waals surface area contributed by atoms with E-state index in [1.54, 1.807) is 20.0 Å². The second-order valence-electron chi connectivity index (χ2n) is 7.74. The number of anilines is 1. The predicted octanol–water partition coefficient (Wildman–Crippen LogP) is 3.98. The van der Waals surface area contributed by atoms with Crippen LogP contribution in [0.5, 0.6) is 0 Å². The molecule has 1 aromatic heterocycles. The third-order valence-corrected chi connectivity index (χ3v) is 8.36. The fourth-order valence-corrected chi connectivity index (χ4v) is 5.64. The van der Waals surface area contributed by atoms with E-state index in [1.807, 2.05) is 0 Å². The van der Waals surface area contributed by atoms with E-state index in [-0.39, 0.29) is 28.3 Å². The Morgan fingerprint density at radius 1 is 1.25 bits per heavy atom. The Morgan fingerprint density at radius 3 is 2.56 bits per heavy atom. The number of hydrogen-bond acceptors (Lipinski definition) is 7. The van der Waals surface area contributed by atoms with Crippen molar-refractivity contribution < 1.29 is 18.1 Å². The number of aryl methyl sites for hydroxylation is 1. The molecule has 0 spiro atoms. The fourth-order valence-electron chi connectivity index (χ4n) is 3.64. The first-order valence-electron chi connectivity index (χ1n) is 10.3. The Morgan fingerprint density at radius 2 is 1.97 bits per heavy atom. The van der Waals surface area contributed by atoms with Crippen LogP contribution in [0.3, 0.4) is 0 Å². The lowest BCUT2D eigenvalue weighted by molar-refractivity contribution is -0.384. The van der Waals surface area contributed by atoms with Gasteiger partial charge in [-0.25, -0.2) is 13.4 Å². The van der Waals surface area contributed by atoms with E-state index in [4.69, 9.17) is 0 Å². The molecule has 0 saturated heterocycles. The minimum Gasteiger partial charge on any atom is -0.325 e. The molecule has 3 rings (SSSR count). The summed E-state index contributed by atoms with van der Waals surface area (Å²) in [6.45, 7) is 1.68. The van der Waals surface area contributed by atoms with Gasteiger partial charge in [-0.1, -0.05) is 31.0 Å². The molecule has 172 valence electrons. The first-order valence-corrected chi connectivity index (χ1v) is 12.7. The minimum atomic E-state index is -3.61. The third-order valence-electron chi connectivity index (χ3n) is 5.52. The van der Waals surface area contributed by atoms with Crippen molar-refractivity contribution in [2.45, 2.75) is 55.0 Å². The molecule has 0 aliphatic heterocycles. The number of hydrogen-bond donors (Lipinski definition) is 1. The molecular weight excluding hydrogens is 452 g/mol. The van der Waals surface area contributed by atoms with Crippen molar-refractivity contribution in [3.63, 3.8) is 0 Å². The van der Waals surface area contributed by atoms with E-state index in [9.17, 15) is 23.3 Å². The largest absolute Gasteiger partial charge is 0.325 e. The maximum Gasteiger partial charge on any atom is 0.269 e. The van der Waals surface area contributed by atoms with Crippen LogP contribution < -0.4 is 5.32 Å². The fraction of sp³-hybridized carbons (Fsp3) is 0.429. The van der Waals surface area contributed by atoms with Gasteiger partial charge in [0.05, 0.1) is 15.7 Å². The number of non-ortho nitro benzene ring substituents is 1. The molecule has 32 heavy (non-hydrogen) atoms. The molecule has 0 bridgehead atoms. The lowest BCUT2D eigenvalue weighted by Crippen LogP contribution is -2.38. The smallest absolute Gasteiger partial charge is 0.269 e. The Hall–Kier alpha value is -2.50. The number of thioether (sulfide) groups is 1. The second kappa shape index (κ2) is 10.4. The standard InChI is InChI=1S/C21H26N4O5S2/c1-15-12-17(25(27)28)8-10-19(15)23-20(26)14-31-21-11-9-18(13-22-21)32(29,30)24(2)16-6-4-3-5-7-16/h8-13,16H,3-7,14H2,1-2H3,(H,23,26). The number of nitrogens with zero attached hydrogens (tertiary/aromatic N) is 3. The summed E-state index contributed by atoms with van der Waals surface area (Å²) in [5.74, 6) is -0.222. The molecule has 0 atom stereocenters. The quantitative estimate of drug-likeness (QED) is 0.346. The van der Waals surface area contributed by atoms with E-state index in [0.717, 1.165) is 32.1 Å². The number of rotatable bonds is 8. The van der Waals surface area contributed by atoms with E-state index in [1.165, 1.54) is 46.5 Å². The van der Waals surface area contributed by atoms with Crippen molar-refractivity contribution in [2.75, 3.05) is 18.1 Å². The van der Waals surface area contributed by atoms with Crippen LogP contribution in [-0.4, -0.2) is 47.4 Å². The molecule has 9 nitrogen and oxygen atoms in total. The molecule has 1 heterocycles. The lowest BCUT2D eigenvalue weighted by Gasteiger charge is -2.30. The SMILES string of the molecule is Cc1cc([N+](=O)[O-])ccc1NC(=O)CSc1ccc(S(=O)(=O)N(C)C2CCCCC2)cn1. The van der Waals surface area contributed by atoms with Gasteiger partial charge in [-0.2, -0.15) is 4.31 Å². The number of sulfonamides is 1. The van der Waals surface area contributed by atoms with Crippen molar-refractivity contribution in [3.8, 4) is 0 Å². The van der Waals surface area contributed by atoms with Crippen LogP contribution >= 0.6 is 11.8 Å². The van der Waals surface area contributed by atoms with Gasteiger partial charge in [-0.05, 0) is 43.5 Å². The Balaban J connectivity index is 1.57. The minimum absolute atomic E-state index is 0.0226. The molecule has 0 unspecified atom stereocenters. The van der Waals surface area contributed by atoms with Gasteiger partial charge in [-0.3, -0.25) is 14.9 Å². The Kier molecular flexibility index (Phi) is 7.86. The van der Waals surface area contributed by atoms with Crippen molar-refractivity contribution in [1.29, 1.82) is 0 Å². The van der Waals surface area contributed by atoms with E-state index in [2.05, 4.69) is 10.3 Å². The number of carbonyl (C=O) groups is 1. The highest BCUT2D eigenvalue weighted by Crippen LogP contribution is 2.27. The number of carbonyl (C=O) groups excluding carboxylic acids is 1. The first-order chi connectivity index (χ1) is 15.2. The first kappa shape index (κ1) is 24.1. The van der Waals surface area contributed by atoms with Crippen LogP contribution in [0.4, 0.5) is 11.4 Å². The Labute approximate surface area is 191 Å². The summed E-state index contributed by atoms with van der Waals surface area (Å²) >= 11 is 1.18. The van der Waals surface area contributed by atoms with E-state index >= 15 is 0 Å². The third kappa shape index (κ3) is 5.84. The van der Waals surface area contributed by atoms with Gasteiger partial charge >= 0.3 is 0 Å². The van der Waals surface area contributed by atoms with Crippen LogP contribution in [0.25, 0.3) is 0 Å². The van der Waals surface area contributed by atoms with Crippen molar-refractivity contribution >= 4 is 39.1 Å². The van der Waals surface area contributed by atoms with Crippen LogP contribution in [0.15, 0.2) is 46.5 Å². The van der Waals surface area contributed by atoms with Gasteiger partial charge in [0.1, 0.15) is 4.90 Å². The van der Waals surface area contributed by atoms with Crippen molar-refractivity contribution in [2.24, 2.45) is 0 Å². The number of nitro benzene ring substituents is 1. The topological polar surface area (TPSA) is 123 Å². The van der Waals surface area contributed by atoms with Crippen molar-refractivity contribution in [3.05, 3.63) is 52.2 Å². The van der Waals surface area contributed by atoms with Crippen LogP contribution in [0, 0.1) is 17.0 Å². The average Bonchev–Trinajstić information content (AvgIpc) is 2.79. The highest BCUT2D eigenvalue weighted by molar-refractivity contribution is 7.99. The monoisotopic (exact) mass is 478 g/mol. The predicted molar refractivity (Wildman–Crippen MR) is 123 cm³/mol. The summed E-state index contributed by atoms with van der Waals surface area (Å²) in [6, 6.07) is 7.36. The van der Waals surface area contributed by atoms with Crippen LogP contribution in [0.1, 0.15) is 37.7 Å². The summed E-state index contributed by atoms with van der Waals surface area (Å²) in [6.07, 6.45) is 6.31. The van der Waals surface area contributed by atoms with Crippen LogP contribution in [-0.2, 0) is 14.8 Å². The van der Waals surface area contributed by atoms with E-state index < -0.39 is 14.9 Å². The molecule has 1 aromatic carbocycles. The number of nitrogens with one attached hydrogen (secondary N) is 1. The molecule has 1 fully saturated rings. The van der Waals surface area contributed by atoms with Gasteiger partial charge in [0, 0.05) is 37.1 Å². The molecule has 1 amide bonds. The zero-order valence-electron chi connectivity index (χ0n) is 18.0. The number of pyridine rings is 1. The molecule has 1 saturated carbocycles. The summed E-state index contributed by atoms with van der Waals surface area (Å²) in [7, 11) is -1.98. The van der Waals surface area contributed by atoms with Crippen LogP contribution in [0.2, 0.25) is 0 Å². The highest BCUT2D eigenvalue weighted by atomic mass is 32.2. The molecule has 11 heteroatoms. The summed E-state index contributed by atoms with van der Waals surface area (Å²) < 4.78 is 27.2. The summed E-state index contributed by atoms with van der Waals surface area (Å²) in [4.78, 5) is 26.9. The van der Waals surface area contributed by atoms with Crippen molar-refractivity contribution in [1.82, 2.24) is 9.29 Å². The molecule has 1 aliphatic rings. The van der Waals surface area contributed by atoms with Gasteiger partial charge in [0.15, 0.2) is 0 Å².